The Morgan fingerprint density at radius 3 is 2.31 bits per heavy atom. The number of fused-ring (bicyclic) bond motifs is 4. The van der Waals surface area contributed by atoms with Crippen molar-refractivity contribution in [2.24, 2.45) is 17.3 Å². The maximum Gasteiger partial charge on any atom is 0.456 e. The van der Waals surface area contributed by atoms with Crippen LogP contribution in [0.1, 0.15) is 68.9 Å². The summed E-state index contributed by atoms with van der Waals surface area (Å²) in [6.07, 6.45) is -2.86. The minimum absolute atomic E-state index is 0.0416. The first-order valence-corrected chi connectivity index (χ1v) is 16.5. The zero-order chi connectivity index (χ0) is 30.3. The van der Waals surface area contributed by atoms with Crippen LogP contribution in [0.15, 0.2) is 47.1 Å². The minimum atomic E-state index is -5.88. The van der Waals surface area contributed by atoms with Crippen molar-refractivity contribution in [1.29, 1.82) is 0 Å². The Morgan fingerprint density at radius 1 is 1.00 bits per heavy atom. The molecule has 5 aliphatic rings. The summed E-state index contributed by atoms with van der Waals surface area (Å²) in [7, 11) is -3.01. The first-order chi connectivity index (χ1) is 19.6. The van der Waals surface area contributed by atoms with Gasteiger partial charge in [-0.05, 0) is 78.7 Å². The fraction of sp³-hybridized carbons (Fsp3) is 0.645. The van der Waals surface area contributed by atoms with Gasteiger partial charge in [-0.3, -0.25) is 9.69 Å². The number of hydrogen-bond donors (Lipinski definition) is 1. The molecule has 1 aromatic carbocycles. The van der Waals surface area contributed by atoms with Gasteiger partial charge in [0.25, 0.3) is 0 Å². The van der Waals surface area contributed by atoms with Crippen molar-refractivity contribution >= 4 is 15.6 Å². The number of rotatable bonds is 4. The normalized spacial score (nSPS) is 35.4. The van der Waals surface area contributed by atoms with Crippen LogP contribution in [0, 0.1) is 17.3 Å². The third-order valence-electron chi connectivity index (χ3n) is 11.0. The van der Waals surface area contributed by atoms with E-state index >= 15 is 8.78 Å². The number of sulfone groups is 1. The fourth-order valence-corrected chi connectivity index (χ4v) is 10.0. The molecule has 6 rings (SSSR count). The molecule has 5 atom stereocenters. The first kappa shape index (κ1) is 29.9. The smallest absolute Gasteiger partial charge is 0.383 e. The molecule has 0 unspecified atom stereocenters. The highest BCUT2D eigenvalue weighted by molar-refractivity contribution is 7.91. The number of nitrogens with zero attached hydrogens (tertiary/aromatic N) is 1. The zero-order valence-electron chi connectivity index (χ0n) is 23.5. The van der Waals surface area contributed by atoms with E-state index in [0.29, 0.717) is 45.3 Å². The number of ketones is 1. The summed E-state index contributed by atoms with van der Waals surface area (Å²) in [4.78, 5) is 14.3. The molecule has 230 valence electrons. The van der Waals surface area contributed by atoms with E-state index < -0.39 is 51.2 Å². The van der Waals surface area contributed by atoms with Gasteiger partial charge in [-0.2, -0.15) is 22.0 Å². The van der Waals surface area contributed by atoms with Crippen LogP contribution in [0.2, 0.25) is 0 Å². The third-order valence-corrected chi connectivity index (χ3v) is 12.6. The second-order valence-electron chi connectivity index (χ2n) is 13.1. The summed E-state index contributed by atoms with van der Waals surface area (Å²) in [6, 6.07) is 7.58. The van der Waals surface area contributed by atoms with Gasteiger partial charge in [-0.25, -0.2) is 8.42 Å². The quantitative estimate of drug-likeness (QED) is 0.439. The second-order valence-corrected chi connectivity index (χ2v) is 15.4. The van der Waals surface area contributed by atoms with Gasteiger partial charge in [-0.15, -0.1) is 0 Å². The van der Waals surface area contributed by atoms with Crippen LogP contribution in [0.3, 0.4) is 0 Å². The molecule has 3 fully saturated rings. The summed E-state index contributed by atoms with van der Waals surface area (Å²) < 4.78 is 95.1. The van der Waals surface area contributed by atoms with Crippen molar-refractivity contribution in [3.05, 3.63) is 58.2 Å². The Morgan fingerprint density at radius 2 is 1.67 bits per heavy atom. The predicted octanol–water partition coefficient (Wildman–Crippen LogP) is 5.75. The molecular weight excluding hydrogens is 577 g/mol. The van der Waals surface area contributed by atoms with E-state index in [4.69, 9.17) is 0 Å². The lowest BCUT2D eigenvalue weighted by atomic mass is 9.50. The summed E-state index contributed by atoms with van der Waals surface area (Å²) >= 11 is 0. The van der Waals surface area contributed by atoms with E-state index in [2.05, 4.69) is 4.90 Å². The monoisotopic (exact) mass is 613 g/mol. The highest BCUT2D eigenvalue weighted by Gasteiger charge is 2.79. The predicted molar refractivity (Wildman–Crippen MR) is 147 cm³/mol. The number of halogens is 5. The van der Waals surface area contributed by atoms with Crippen LogP contribution in [0.5, 0.6) is 0 Å². The van der Waals surface area contributed by atoms with Gasteiger partial charge >= 0.3 is 12.1 Å². The van der Waals surface area contributed by atoms with Gasteiger partial charge in [0, 0.05) is 37.4 Å². The van der Waals surface area contributed by atoms with Crippen molar-refractivity contribution in [2.45, 2.75) is 82.0 Å². The zero-order valence-corrected chi connectivity index (χ0v) is 24.3. The molecule has 1 saturated heterocycles. The topological polar surface area (TPSA) is 74.7 Å². The summed E-state index contributed by atoms with van der Waals surface area (Å²) in [6.45, 7) is 2.84. The number of benzene rings is 1. The SMILES string of the molecule is C[C@]12C[C@H](c3ccc(CN4CCS(=O)(=O)CC4)cc3)C3=C4CCC(=O)C=C4CC[C@H]3[C@@H]1CC[C@]2(O)C(F)(F)C(F)(F)F. The lowest BCUT2D eigenvalue weighted by Gasteiger charge is -2.56. The Bertz CT molecular complexity index is 1440. The van der Waals surface area contributed by atoms with Gasteiger partial charge in [0.05, 0.1) is 11.5 Å². The number of alkyl halides is 5. The molecule has 1 N–H and O–H groups in total. The van der Waals surface area contributed by atoms with E-state index in [1.165, 1.54) is 6.92 Å². The summed E-state index contributed by atoms with van der Waals surface area (Å²) in [5.41, 5.74) is -0.169. The molecule has 1 heterocycles. The molecule has 0 aromatic heterocycles. The Balaban J connectivity index is 1.39. The lowest BCUT2D eigenvalue weighted by molar-refractivity contribution is -0.362. The summed E-state index contributed by atoms with van der Waals surface area (Å²) in [5, 5.41) is 11.4. The standard InChI is InChI=1S/C31H36F5NO4S/c1-28-17-25(20-4-2-19(3-5-20)18-37-12-14-42(40,41)15-13-37)27-23-9-7-22(38)16-21(23)6-8-24(27)26(28)10-11-29(28,39)30(32,33)31(34,35)36/h2-5,16,24-26,39H,6-15,17-18H2,1H3/t24-,25+,26-,28-,29+/m0/s1. The number of carbonyl (C=O) groups is 1. The largest absolute Gasteiger partial charge is 0.456 e. The highest BCUT2D eigenvalue weighted by atomic mass is 32.2. The molecule has 0 amide bonds. The number of carbonyl (C=O) groups excluding carboxylic acids is 1. The van der Waals surface area contributed by atoms with Crippen molar-refractivity contribution in [1.82, 2.24) is 4.90 Å². The van der Waals surface area contributed by atoms with Crippen LogP contribution in [-0.2, 0) is 21.2 Å². The first-order valence-electron chi connectivity index (χ1n) is 14.7. The molecule has 5 nitrogen and oxygen atoms in total. The molecule has 0 spiro atoms. The van der Waals surface area contributed by atoms with E-state index in [1.807, 2.05) is 24.3 Å². The number of hydrogen-bond acceptors (Lipinski definition) is 5. The molecular formula is C31H36F5NO4S. The highest BCUT2D eigenvalue weighted by Crippen LogP contribution is 2.70. The maximum atomic E-state index is 15.1. The molecule has 0 radical (unpaired) electrons. The molecule has 1 aliphatic heterocycles. The Hall–Kier alpha value is -2.11. The van der Waals surface area contributed by atoms with Gasteiger partial charge in [0.15, 0.2) is 15.6 Å². The molecule has 0 bridgehead atoms. The van der Waals surface area contributed by atoms with E-state index in [0.717, 1.165) is 27.8 Å². The third kappa shape index (κ3) is 4.60. The molecule has 4 aliphatic carbocycles. The van der Waals surface area contributed by atoms with Gasteiger partial charge in [0.1, 0.15) is 5.60 Å². The molecule has 2 saturated carbocycles. The van der Waals surface area contributed by atoms with Gasteiger partial charge < -0.3 is 5.11 Å². The molecule has 1 aromatic rings. The van der Waals surface area contributed by atoms with Crippen LogP contribution in [-0.4, -0.2) is 66.5 Å². The van der Waals surface area contributed by atoms with E-state index in [-0.39, 0.29) is 36.0 Å². The minimum Gasteiger partial charge on any atom is -0.383 e. The molecule has 11 heteroatoms. The summed E-state index contributed by atoms with van der Waals surface area (Å²) in [5.74, 6) is -6.29. The van der Waals surface area contributed by atoms with Crippen LogP contribution < -0.4 is 0 Å². The Labute approximate surface area is 242 Å². The maximum absolute atomic E-state index is 15.1. The Kier molecular flexibility index (Phi) is 7.10. The van der Waals surface area contributed by atoms with Crippen molar-refractivity contribution in [3.8, 4) is 0 Å². The van der Waals surface area contributed by atoms with Crippen molar-refractivity contribution in [2.75, 3.05) is 24.6 Å². The number of aliphatic hydroxyl groups is 1. The average molecular weight is 614 g/mol. The lowest BCUT2D eigenvalue weighted by Crippen LogP contribution is -2.65. The average Bonchev–Trinajstić information content (AvgIpc) is 3.20. The van der Waals surface area contributed by atoms with E-state index in [9.17, 15) is 31.5 Å². The van der Waals surface area contributed by atoms with Crippen LogP contribution in [0.4, 0.5) is 22.0 Å². The molecule has 42 heavy (non-hydrogen) atoms. The van der Waals surface area contributed by atoms with Crippen molar-refractivity contribution in [3.63, 3.8) is 0 Å². The fourth-order valence-electron chi connectivity index (χ4n) is 8.74. The van der Waals surface area contributed by atoms with Gasteiger partial charge in [-0.1, -0.05) is 36.8 Å². The van der Waals surface area contributed by atoms with Crippen LogP contribution in [0.25, 0.3) is 0 Å². The van der Waals surface area contributed by atoms with Crippen molar-refractivity contribution < 1.29 is 40.3 Å². The van der Waals surface area contributed by atoms with Gasteiger partial charge in [0.2, 0.25) is 0 Å². The number of allylic oxidation sites excluding steroid dienone is 4. The second kappa shape index (κ2) is 9.95. The van der Waals surface area contributed by atoms with E-state index in [1.54, 1.807) is 6.08 Å². The van der Waals surface area contributed by atoms with Crippen LogP contribution >= 0.6 is 0 Å².